The van der Waals surface area contributed by atoms with Gasteiger partial charge in [-0.2, -0.15) is 5.26 Å². The fourth-order valence-electron chi connectivity index (χ4n) is 2.02. The molecule has 1 unspecified atom stereocenters. The molecule has 0 saturated carbocycles. The predicted molar refractivity (Wildman–Crippen MR) is 70.0 cm³/mol. The van der Waals surface area contributed by atoms with Gasteiger partial charge in [0, 0.05) is 24.0 Å². The zero-order valence-corrected chi connectivity index (χ0v) is 11.0. The van der Waals surface area contributed by atoms with Crippen molar-refractivity contribution in [1.82, 2.24) is 0 Å². The van der Waals surface area contributed by atoms with Gasteiger partial charge in [-0.25, -0.2) is 0 Å². The molecule has 1 aliphatic rings. The Morgan fingerprint density at radius 2 is 2.12 bits per heavy atom. The van der Waals surface area contributed by atoms with Gasteiger partial charge in [0.1, 0.15) is 0 Å². The van der Waals surface area contributed by atoms with Crippen LogP contribution in [-0.4, -0.2) is 17.8 Å². The summed E-state index contributed by atoms with van der Waals surface area (Å²) in [6.07, 6.45) is 1.03. The zero-order valence-electron chi connectivity index (χ0n) is 9.40. The second kappa shape index (κ2) is 5.33. The maximum Gasteiger partial charge on any atom is 0.227 e. The summed E-state index contributed by atoms with van der Waals surface area (Å²) >= 11 is 3.42. The lowest BCUT2D eigenvalue weighted by Gasteiger charge is -2.16. The second-order valence-corrected chi connectivity index (χ2v) is 4.88. The van der Waals surface area contributed by atoms with Gasteiger partial charge in [0.2, 0.25) is 5.91 Å². The van der Waals surface area contributed by atoms with Crippen molar-refractivity contribution in [2.45, 2.75) is 12.8 Å². The van der Waals surface area contributed by atoms with E-state index in [4.69, 9.17) is 5.26 Å². The van der Waals surface area contributed by atoms with Crippen molar-refractivity contribution in [3.63, 3.8) is 0 Å². The van der Waals surface area contributed by atoms with E-state index in [1.165, 1.54) is 0 Å². The number of nitriles is 1. The molecule has 1 heterocycles. The SMILES string of the molecule is N#CCc1ccc(N2CC(CBr)CC2=O)cc1. The number of hydrogen-bond donors (Lipinski definition) is 0. The van der Waals surface area contributed by atoms with Gasteiger partial charge in [0.05, 0.1) is 12.5 Å². The summed E-state index contributed by atoms with van der Waals surface area (Å²) in [4.78, 5) is 13.6. The molecule has 0 aliphatic carbocycles. The molecule has 1 aromatic carbocycles. The maximum absolute atomic E-state index is 11.8. The fourth-order valence-corrected chi connectivity index (χ4v) is 2.45. The molecule has 88 valence electrons. The van der Waals surface area contributed by atoms with Gasteiger partial charge >= 0.3 is 0 Å². The number of anilines is 1. The van der Waals surface area contributed by atoms with Crippen LogP contribution in [0.4, 0.5) is 5.69 Å². The first-order chi connectivity index (χ1) is 8.24. The van der Waals surface area contributed by atoms with Crippen molar-refractivity contribution in [3.8, 4) is 6.07 Å². The average Bonchev–Trinajstić information content (AvgIpc) is 2.72. The van der Waals surface area contributed by atoms with E-state index >= 15 is 0 Å². The molecule has 3 nitrogen and oxygen atoms in total. The molecule has 1 amide bonds. The van der Waals surface area contributed by atoms with Crippen molar-refractivity contribution >= 4 is 27.5 Å². The maximum atomic E-state index is 11.8. The number of rotatable bonds is 3. The third kappa shape index (κ3) is 2.67. The van der Waals surface area contributed by atoms with Crippen LogP contribution in [0.5, 0.6) is 0 Å². The molecule has 1 saturated heterocycles. The Labute approximate surface area is 109 Å². The first kappa shape index (κ1) is 12.1. The Balaban J connectivity index is 2.13. The van der Waals surface area contributed by atoms with Gasteiger partial charge in [-0.1, -0.05) is 28.1 Å². The largest absolute Gasteiger partial charge is 0.312 e. The van der Waals surface area contributed by atoms with Gasteiger partial charge in [0.15, 0.2) is 0 Å². The molecule has 2 rings (SSSR count). The quantitative estimate of drug-likeness (QED) is 0.804. The standard InChI is InChI=1S/C13H13BrN2O/c14-8-11-7-13(17)16(9-11)12-3-1-10(2-4-12)5-6-15/h1-4,11H,5,7-9H2. The number of carbonyl (C=O) groups excluding carboxylic acids is 1. The molecule has 1 fully saturated rings. The van der Waals surface area contributed by atoms with E-state index in [1.807, 2.05) is 29.2 Å². The number of alkyl halides is 1. The van der Waals surface area contributed by atoms with Crippen LogP contribution in [0.2, 0.25) is 0 Å². The van der Waals surface area contributed by atoms with E-state index in [0.29, 0.717) is 18.8 Å². The normalized spacial score (nSPS) is 19.4. The van der Waals surface area contributed by atoms with Crippen molar-refractivity contribution in [2.24, 2.45) is 5.92 Å². The topological polar surface area (TPSA) is 44.1 Å². The number of nitrogens with zero attached hydrogens (tertiary/aromatic N) is 2. The molecule has 0 radical (unpaired) electrons. The van der Waals surface area contributed by atoms with E-state index in [1.54, 1.807) is 0 Å². The number of benzene rings is 1. The first-order valence-electron chi connectivity index (χ1n) is 5.57. The molecule has 4 heteroatoms. The van der Waals surface area contributed by atoms with Crippen molar-refractivity contribution < 1.29 is 4.79 Å². The smallest absolute Gasteiger partial charge is 0.227 e. The summed E-state index contributed by atoms with van der Waals surface area (Å²) in [7, 11) is 0. The van der Waals surface area contributed by atoms with E-state index in [-0.39, 0.29) is 5.91 Å². The molecule has 0 N–H and O–H groups in total. The van der Waals surface area contributed by atoms with Crippen LogP contribution < -0.4 is 4.90 Å². The molecule has 17 heavy (non-hydrogen) atoms. The molecule has 1 atom stereocenters. The van der Waals surface area contributed by atoms with Crippen molar-refractivity contribution in [2.75, 3.05) is 16.8 Å². The zero-order chi connectivity index (χ0) is 12.3. The number of hydrogen-bond acceptors (Lipinski definition) is 2. The second-order valence-electron chi connectivity index (χ2n) is 4.23. The average molecular weight is 293 g/mol. The minimum absolute atomic E-state index is 0.183. The number of halogens is 1. The van der Waals surface area contributed by atoms with Gasteiger partial charge < -0.3 is 4.90 Å². The van der Waals surface area contributed by atoms with Crippen LogP contribution in [-0.2, 0) is 11.2 Å². The van der Waals surface area contributed by atoms with Crippen molar-refractivity contribution in [1.29, 1.82) is 5.26 Å². The molecule has 1 aromatic rings. The Morgan fingerprint density at radius 1 is 1.41 bits per heavy atom. The van der Waals surface area contributed by atoms with Crippen LogP contribution in [0.3, 0.4) is 0 Å². The molecule has 1 aliphatic heterocycles. The minimum Gasteiger partial charge on any atom is -0.312 e. The first-order valence-corrected chi connectivity index (χ1v) is 6.69. The Hall–Kier alpha value is -1.34. The summed E-state index contributed by atoms with van der Waals surface area (Å²) in [6, 6.07) is 9.77. The lowest BCUT2D eigenvalue weighted by atomic mass is 10.1. The van der Waals surface area contributed by atoms with E-state index < -0.39 is 0 Å². The van der Waals surface area contributed by atoms with Crippen LogP contribution in [0.15, 0.2) is 24.3 Å². The Bertz CT molecular complexity index is 449. The van der Waals surface area contributed by atoms with Crippen LogP contribution in [0.25, 0.3) is 0 Å². The third-order valence-electron chi connectivity index (χ3n) is 2.95. The third-order valence-corrected chi connectivity index (χ3v) is 3.87. The number of carbonyl (C=O) groups is 1. The van der Waals surface area contributed by atoms with E-state index in [9.17, 15) is 4.79 Å². The van der Waals surface area contributed by atoms with Crippen LogP contribution in [0.1, 0.15) is 12.0 Å². The van der Waals surface area contributed by atoms with Gasteiger partial charge in [-0.15, -0.1) is 0 Å². The summed E-state index contributed by atoms with van der Waals surface area (Å²) in [6.45, 7) is 0.779. The Morgan fingerprint density at radius 3 is 2.65 bits per heavy atom. The van der Waals surface area contributed by atoms with Gasteiger partial charge in [0.25, 0.3) is 0 Å². The van der Waals surface area contributed by atoms with Crippen molar-refractivity contribution in [3.05, 3.63) is 29.8 Å². The van der Waals surface area contributed by atoms with Gasteiger partial charge in [-0.3, -0.25) is 4.79 Å². The Kier molecular flexibility index (Phi) is 3.80. The highest BCUT2D eigenvalue weighted by Gasteiger charge is 2.29. The molecule has 0 aromatic heterocycles. The monoisotopic (exact) mass is 292 g/mol. The molecular formula is C13H13BrN2O. The predicted octanol–water partition coefficient (Wildman–Crippen LogP) is 2.50. The van der Waals surface area contributed by atoms with Gasteiger partial charge in [-0.05, 0) is 23.6 Å². The highest BCUT2D eigenvalue weighted by molar-refractivity contribution is 9.09. The lowest BCUT2D eigenvalue weighted by molar-refractivity contribution is -0.117. The fraction of sp³-hybridized carbons (Fsp3) is 0.385. The van der Waals surface area contributed by atoms with E-state index in [0.717, 1.165) is 23.1 Å². The van der Waals surface area contributed by atoms with Crippen LogP contribution >= 0.6 is 15.9 Å². The number of amides is 1. The molecular weight excluding hydrogens is 280 g/mol. The van der Waals surface area contributed by atoms with Crippen LogP contribution in [0, 0.1) is 17.2 Å². The van der Waals surface area contributed by atoms with E-state index in [2.05, 4.69) is 22.0 Å². The summed E-state index contributed by atoms with van der Waals surface area (Å²) in [5, 5.41) is 9.45. The highest BCUT2D eigenvalue weighted by atomic mass is 79.9. The minimum atomic E-state index is 0.183. The molecule has 0 spiro atoms. The highest BCUT2D eigenvalue weighted by Crippen LogP contribution is 2.26. The lowest BCUT2D eigenvalue weighted by Crippen LogP contribution is -2.24. The summed E-state index contributed by atoms with van der Waals surface area (Å²) in [5.41, 5.74) is 1.92. The molecule has 0 bridgehead atoms. The summed E-state index contributed by atoms with van der Waals surface area (Å²) in [5.74, 6) is 0.587. The summed E-state index contributed by atoms with van der Waals surface area (Å²) < 4.78 is 0.